The lowest BCUT2D eigenvalue weighted by atomic mass is 10.2. The Morgan fingerprint density at radius 1 is 1.42 bits per heavy atom. The number of fused-ring (bicyclic) bond motifs is 1. The quantitative estimate of drug-likeness (QED) is 0.869. The number of hydrogen-bond donors (Lipinski definition) is 2. The van der Waals surface area contributed by atoms with Gasteiger partial charge in [-0.05, 0) is 31.5 Å². The Kier molecular flexibility index (Phi) is 3.48. The highest BCUT2D eigenvalue weighted by Crippen LogP contribution is 2.20. The number of aromatic nitrogens is 2. The Hall–Kier alpha value is -1.09. The normalized spacial score (nSPS) is 20.1. The van der Waals surface area contributed by atoms with Crippen LogP contribution in [0, 0.1) is 0 Å². The van der Waals surface area contributed by atoms with E-state index in [4.69, 9.17) is 0 Å². The van der Waals surface area contributed by atoms with Gasteiger partial charge in [-0.25, -0.2) is 13.1 Å². The molecule has 1 unspecified atom stereocenters. The molecule has 2 heterocycles. The molecule has 6 nitrogen and oxygen atoms in total. The van der Waals surface area contributed by atoms with E-state index in [1.807, 2.05) is 0 Å². The average molecular weight is 298 g/mol. The monoisotopic (exact) mass is 298 g/mol. The smallest absolute Gasteiger partial charge is 0.242 e. The predicted molar refractivity (Wildman–Crippen MR) is 73.6 cm³/mol. The lowest BCUT2D eigenvalue weighted by Crippen LogP contribution is -2.37. The first kappa shape index (κ1) is 12.9. The highest BCUT2D eigenvalue weighted by molar-refractivity contribution is 7.89. The number of nitrogens with one attached hydrogen (secondary N) is 2. The highest BCUT2D eigenvalue weighted by atomic mass is 32.2. The fourth-order valence-corrected chi connectivity index (χ4v) is 4.06. The topological polar surface area (TPSA) is 84.0 Å². The maximum Gasteiger partial charge on any atom is 0.242 e. The lowest BCUT2D eigenvalue weighted by Gasteiger charge is -2.12. The van der Waals surface area contributed by atoms with Crippen LogP contribution in [0.5, 0.6) is 0 Å². The Bertz CT molecular complexity index is 677. The van der Waals surface area contributed by atoms with Crippen molar-refractivity contribution < 1.29 is 8.42 Å². The summed E-state index contributed by atoms with van der Waals surface area (Å²) in [6, 6.07) is 5.24. The third kappa shape index (κ3) is 2.62. The average Bonchev–Trinajstić information content (AvgIpc) is 3.06. The zero-order chi connectivity index (χ0) is 13.3. The zero-order valence-corrected chi connectivity index (χ0v) is 11.8. The van der Waals surface area contributed by atoms with Crippen LogP contribution < -0.4 is 10.0 Å². The first-order chi connectivity index (χ1) is 9.17. The molecule has 1 aliphatic heterocycles. The third-order valence-electron chi connectivity index (χ3n) is 3.22. The van der Waals surface area contributed by atoms with Crippen LogP contribution in [-0.4, -0.2) is 36.3 Å². The van der Waals surface area contributed by atoms with Crippen molar-refractivity contribution in [2.24, 2.45) is 0 Å². The van der Waals surface area contributed by atoms with Gasteiger partial charge in [-0.2, -0.15) is 8.75 Å². The molecule has 1 aliphatic rings. The molecule has 1 saturated heterocycles. The molecule has 0 saturated carbocycles. The van der Waals surface area contributed by atoms with Crippen molar-refractivity contribution in [3.05, 3.63) is 18.2 Å². The summed E-state index contributed by atoms with van der Waals surface area (Å²) in [5.41, 5.74) is 1.06. The van der Waals surface area contributed by atoms with Crippen LogP contribution in [0.25, 0.3) is 11.0 Å². The largest absolute Gasteiger partial charge is 0.313 e. The Morgan fingerprint density at radius 2 is 2.32 bits per heavy atom. The van der Waals surface area contributed by atoms with E-state index < -0.39 is 10.0 Å². The standard InChI is InChI=1S/C11H14N4O2S2/c16-19(17,13-7-8-3-2-6-12-8)10-5-1-4-9-11(10)15-18-14-9/h1,4-5,8,12-13H,2-3,6-7H2. The molecule has 19 heavy (non-hydrogen) atoms. The molecule has 2 N–H and O–H groups in total. The van der Waals surface area contributed by atoms with E-state index in [0.717, 1.165) is 31.1 Å². The molecule has 1 aromatic heterocycles. The maximum atomic E-state index is 12.3. The SMILES string of the molecule is O=S(=O)(NCC1CCCN1)c1cccc2nsnc12. The summed E-state index contributed by atoms with van der Waals surface area (Å²) in [6.07, 6.45) is 2.10. The molecule has 8 heteroatoms. The van der Waals surface area contributed by atoms with E-state index in [0.29, 0.717) is 17.6 Å². The second kappa shape index (κ2) is 5.12. The van der Waals surface area contributed by atoms with Crippen molar-refractivity contribution in [2.75, 3.05) is 13.1 Å². The molecular weight excluding hydrogens is 284 g/mol. The fourth-order valence-electron chi connectivity index (χ4n) is 2.22. The Morgan fingerprint density at radius 3 is 3.11 bits per heavy atom. The minimum Gasteiger partial charge on any atom is -0.313 e. The molecule has 0 spiro atoms. The van der Waals surface area contributed by atoms with Gasteiger partial charge in [0.05, 0.1) is 11.7 Å². The van der Waals surface area contributed by atoms with Crippen molar-refractivity contribution in [1.29, 1.82) is 0 Å². The van der Waals surface area contributed by atoms with Gasteiger partial charge in [-0.3, -0.25) is 0 Å². The van der Waals surface area contributed by atoms with Gasteiger partial charge >= 0.3 is 0 Å². The van der Waals surface area contributed by atoms with Crippen LogP contribution in [0.1, 0.15) is 12.8 Å². The Labute approximate surface area is 115 Å². The van der Waals surface area contributed by atoms with Gasteiger partial charge in [0, 0.05) is 12.6 Å². The van der Waals surface area contributed by atoms with Crippen LogP contribution in [0.4, 0.5) is 0 Å². The van der Waals surface area contributed by atoms with Crippen molar-refractivity contribution in [2.45, 2.75) is 23.8 Å². The summed E-state index contributed by atoms with van der Waals surface area (Å²) in [5, 5.41) is 3.26. The van der Waals surface area contributed by atoms with Crippen LogP contribution >= 0.6 is 11.7 Å². The molecule has 2 aromatic rings. The van der Waals surface area contributed by atoms with Crippen LogP contribution in [0.2, 0.25) is 0 Å². The molecule has 1 atom stereocenters. The number of hydrogen-bond acceptors (Lipinski definition) is 6. The van der Waals surface area contributed by atoms with Gasteiger partial charge in [0.1, 0.15) is 15.9 Å². The summed E-state index contributed by atoms with van der Waals surface area (Å²) in [7, 11) is -3.53. The molecular formula is C11H14N4O2S2. The summed E-state index contributed by atoms with van der Waals surface area (Å²) in [6.45, 7) is 1.37. The molecule has 0 aliphatic carbocycles. The number of rotatable bonds is 4. The van der Waals surface area contributed by atoms with Gasteiger partial charge < -0.3 is 5.32 Å². The second-order valence-electron chi connectivity index (χ2n) is 4.53. The Balaban J connectivity index is 1.84. The predicted octanol–water partition coefficient (Wildman–Crippen LogP) is 0.722. The molecule has 3 rings (SSSR count). The third-order valence-corrected chi connectivity index (χ3v) is 5.22. The first-order valence-electron chi connectivity index (χ1n) is 6.11. The molecule has 0 bridgehead atoms. The van der Waals surface area contributed by atoms with E-state index >= 15 is 0 Å². The summed E-state index contributed by atoms with van der Waals surface area (Å²) >= 11 is 1.02. The van der Waals surface area contributed by atoms with E-state index in [-0.39, 0.29) is 10.9 Å². The number of benzene rings is 1. The van der Waals surface area contributed by atoms with Gasteiger partial charge in [0.25, 0.3) is 0 Å². The van der Waals surface area contributed by atoms with Crippen molar-refractivity contribution in [1.82, 2.24) is 18.8 Å². The summed E-state index contributed by atoms with van der Waals surface area (Å²) in [5.74, 6) is 0. The van der Waals surface area contributed by atoms with Crippen molar-refractivity contribution >= 4 is 32.8 Å². The fraction of sp³-hybridized carbons (Fsp3) is 0.455. The zero-order valence-electron chi connectivity index (χ0n) is 10.2. The van der Waals surface area contributed by atoms with E-state index in [9.17, 15) is 8.42 Å². The number of nitrogens with zero attached hydrogens (tertiary/aromatic N) is 2. The molecule has 1 aromatic carbocycles. The van der Waals surface area contributed by atoms with Gasteiger partial charge in [-0.1, -0.05) is 6.07 Å². The first-order valence-corrected chi connectivity index (χ1v) is 8.32. The second-order valence-corrected chi connectivity index (χ2v) is 6.80. The highest BCUT2D eigenvalue weighted by Gasteiger charge is 2.22. The molecule has 102 valence electrons. The van der Waals surface area contributed by atoms with Crippen molar-refractivity contribution in [3.8, 4) is 0 Å². The van der Waals surface area contributed by atoms with Gasteiger partial charge in [0.15, 0.2) is 0 Å². The minimum absolute atomic E-state index is 0.205. The number of sulfonamides is 1. The minimum atomic E-state index is -3.53. The van der Waals surface area contributed by atoms with E-state index in [1.54, 1.807) is 18.2 Å². The van der Waals surface area contributed by atoms with Crippen LogP contribution in [0.15, 0.2) is 23.1 Å². The van der Waals surface area contributed by atoms with E-state index in [1.165, 1.54) is 0 Å². The maximum absolute atomic E-state index is 12.3. The van der Waals surface area contributed by atoms with E-state index in [2.05, 4.69) is 18.8 Å². The van der Waals surface area contributed by atoms with Gasteiger partial charge in [-0.15, -0.1) is 0 Å². The van der Waals surface area contributed by atoms with Gasteiger partial charge in [0.2, 0.25) is 10.0 Å². The molecule has 1 fully saturated rings. The molecule has 0 radical (unpaired) electrons. The molecule has 0 amide bonds. The van der Waals surface area contributed by atoms with Crippen LogP contribution in [0.3, 0.4) is 0 Å². The van der Waals surface area contributed by atoms with Crippen molar-refractivity contribution in [3.63, 3.8) is 0 Å². The van der Waals surface area contributed by atoms with Crippen LogP contribution in [-0.2, 0) is 10.0 Å². The summed E-state index contributed by atoms with van der Waals surface area (Å²) < 4.78 is 35.4. The summed E-state index contributed by atoms with van der Waals surface area (Å²) in [4.78, 5) is 0.205. The lowest BCUT2D eigenvalue weighted by molar-refractivity contribution is 0.552.